The molecule has 0 amide bonds. The number of nitrogens with zero attached hydrogens (tertiary/aromatic N) is 1. The van der Waals surface area contributed by atoms with Gasteiger partial charge in [-0.25, -0.2) is 0 Å². The highest BCUT2D eigenvalue weighted by molar-refractivity contribution is 6.31. The molecule has 2 atom stereocenters. The Hall–Kier alpha value is -1.54. The van der Waals surface area contributed by atoms with Gasteiger partial charge >= 0.3 is 0 Å². The molecular formula is C15H17ClN2O2. The van der Waals surface area contributed by atoms with E-state index in [4.69, 9.17) is 26.4 Å². The molecule has 1 saturated carbocycles. The highest BCUT2D eigenvalue weighted by Crippen LogP contribution is 2.24. The quantitative estimate of drug-likeness (QED) is 0.646. The molecule has 0 spiro atoms. The summed E-state index contributed by atoms with van der Waals surface area (Å²) in [7, 11) is 0. The fourth-order valence-corrected chi connectivity index (χ4v) is 2.46. The number of hydrogen-bond acceptors (Lipinski definition) is 4. The van der Waals surface area contributed by atoms with Crippen molar-refractivity contribution in [3.05, 3.63) is 41.4 Å². The molecule has 1 fully saturated rings. The molecule has 1 unspecified atom stereocenters. The molecule has 1 aliphatic carbocycles. The van der Waals surface area contributed by atoms with Crippen molar-refractivity contribution in [2.24, 2.45) is 0 Å². The average Bonchev–Trinajstić information content (AvgIpc) is 2.90. The van der Waals surface area contributed by atoms with Gasteiger partial charge in [0.05, 0.1) is 29.3 Å². The zero-order valence-electron chi connectivity index (χ0n) is 11.1. The minimum atomic E-state index is 0.141. The summed E-state index contributed by atoms with van der Waals surface area (Å²) < 4.78 is 5.68. The van der Waals surface area contributed by atoms with E-state index >= 15 is 0 Å². The van der Waals surface area contributed by atoms with E-state index < -0.39 is 0 Å². The smallest absolute Gasteiger partial charge is 0.148 e. The van der Waals surface area contributed by atoms with Crippen molar-refractivity contribution < 1.29 is 9.57 Å². The van der Waals surface area contributed by atoms with Crippen LogP contribution in [0.4, 0.5) is 0 Å². The van der Waals surface area contributed by atoms with Crippen LogP contribution in [0.1, 0.15) is 24.8 Å². The number of nitrogens with one attached hydrogen (secondary N) is 1. The molecule has 1 aliphatic rings. The molecule has 0 radical (unpaired) electrons. The maximum Gasteiger partial charge on any atom is 0.148 e. The Balaban J connectivity index is 1.89. The van der Waals surface area contributed by atoms with Gasteiger partial charge in [0.15, 0.2) is 0 Å². The van der Waals surface area contributed by atoms with E-state index in [-0.39, 0.29) is 12.1 Å². The molecule has 1 N–H and O–H groups in total. The molecule has 1 aromatic rings. The van der Waals surface area contributed by atoms with E-state index in [1.165, 1.54) is 0 Å². The van der Waals surface area contributed by atoms with Gasteiger partial charge in [-0.3, -0.25) is 0 Å². The normalized spacial score (nSPS) is 21.4. The van der Waals surface area contributed by atoms with Crippen molar-refractivity contribution in [1.29, 1.82) is 5.26 Å². The first-order valence-electron chi connectivity index (χ1n) is 6.59. The number of benzene rings is 1. The van der Waals surface area contributed by atoms with E-state index in [0.717, 1.165) is 19.3 Å². The molecule has 0 saturated heterocycles. The summed E-state index contributed by atoms with van der Waals surface area (Å²) in [6.45, 7) is 4.20. The largest absolute Gasteiger partial charge is 0.408 e. The highest BCUT2D eigenvalue weighted by atomic mass is 35.5. The lowest BCUT2D eigenvalue weighted by atomic mass is 10.2. The lowest BCUT2D eigenvalue weighted by molar-refractivity contribution is 0.0227. The summed E-state index contributed by atoms with van der Waals surface area (Å²) in [6, 6.07) is 7.15. The summed E-state index contributed by atoms with van der Waals surface area (Å²) in [5.74, 6) is 0.586. The molecular weight excluding hydrogens is 276 g/mol. The monoisotopic (exact) mass is 292 g/mol. The molecule has 0 heterocycles. The number of hydrogen-bond donors (Lipinski definition) is 1. The van der Waals surface area contributed by atoms with E-state index in [0.29, 0.717) is 22.9 Å². The second kappa shape index (κ2) is 7.30. The van der Waals surface area contributed by atoms with E-state index in [1.54, 1.807) is 24.3 Å². The molecule has 4 nitrogen and oxygen atoms in total. The van der Waals surface area contributed by atoms with Gasteiger partial charge in [-0.2, -0.15) is 10.7 Å². The first kappa shape index (κ1) is 14.9. The minimum absolute atomic E-state index is 0.141. The third-order valence-electron chi connectivity index (χ3n) is 3.27. The molecule has 5 heteroatoms. The van der Waals surface area contributed by atoms with Gasteiger partial charge in [0, 0.05) is 6.07 Å². The number of rotatable bonds is 6. The van der Waals surface area contributed by atoms with Crippen molar-refractivity contribution in [1.82, 2.24) is 5.48 Å². The van der Waals surface area contributed by atoms with Gasteiger partial charge in [-0.1, -0.05) is 17.7 Å². The van der Waals surface area contributed by atoms with Crippen LogP contribution in [0, 0.1) is 11.3 Å². The van der Waals surface area contributed by atoms with E-state index in [2.05, 4.69) is 12.1 Å². The Morgan fingerprint density at radius 3 is 3.05 bits per heavy atom. The molecule has 106 valence electrons. The van der Waals surface area contributed by atoms with Crippen LogP contribution < -0.4 is 10.3 Å². The number of nitriles is 1. The van der Waals surface area contributed by atoms with Gasteiger partial charge in [0.1, 0.15) is 11.8 Å². The highest BCUT2D eigenvalue weighted by Gasteiger charge is 2.28. The van der Waals surface area contributed by atoms with Crippen LogP contribution in [0.25, 0.3) is 0 Å². The van der Waals surface area contributed by atoms with Gasteiger partial charge in [0.2, 0.25) is 0 Å². The molecule has 0 aromatic heterocycles. The number of ether oxygens (including phenoxy) is 1. The fourth-order valence-electron chi connectivity index (χ4n) is 2.25. The summed E-state index contributed by atoms with van der Waals surface area (Å²) >= 11 is 5.96. The second-order valence-electron chi connectivity index (χ2n) is 4.67. The van der Waals surface area contributed by atoms with Crippen LogP contribution >= 0.6 is 11.6 Å². The Morgan fingerprint density at radius 2 is 2.35 bits per heavy atom. The first-order valence-corrected chi connectivity index (χ1v) is 6.97. The van der Waals surface area contributed by atoms with Crippen molar-refractivity contribution in [3.63, 3.8) is 0 Å². The molecule has 2 rings (SSSR count). The Kier molecular flexibility index (Phi) is 5.42. The second-order valence-corrected chi connectivity index (χ2v) is 5.08. The molecule has 0 aliphatic heterocycles. The topological polar surface area (TPSA) is 54.3 Å². The Bertz CT molecular complexity index is 513. The van der Waals surface area contributed by atoms with Crippen molar-refractivity contribution >= 4 is 11.6 Å². The predicted molar refractivity (Wildman–Crippen MR) is 77.5 cm³/mol. The zero-order valence-corrected chi connectivity index (χ0v) is 11.9. The van der Waals surface area contributed by atoms with Gasteiger partial charge in [-0.15, -0.1) is 6.58 Å². The number of halogens is 1. The van der Waals surface area contributed by atoms with Crippen LogP contribution in [0.15, 0.2) is 30.9 Å². The fraction of sp³-hybridized carbons (Fsp3) is 0.400. The van der Waals surface area contributed by atoms with Gasteiger partial charge in [0.25, 0.3) is 0 Å². The zero-order chi connectivity index (χ0) is 14.4. The maximum atomic E-state index is 8.81. The average molecular weight is 293 g/mol. The SMILES string of the molecule is C=CCO[C@H]1CCCC1NOc1ccc(C#N)c(Cl)c1. The number of hydroxylamine groups is 1. The van der Waals surface area contributed by atoms with Crippen molar-refractivity contribution in [2.75, 3.05) is 6.61 Å². The van der Waals surface area contributed by atoms with Crippen LogP contribution in [-0.2, 0) is 4.74 Å². The van der Waals surface area contributed by atoms with E-state index in [1.807, 2.05) is 6.07 Å². The summed E-state index contributed by atoms with van der Waals surface area (Å²) in [5, 5.41) is 9.20. The predicted octanol–water partition coefficient (Wildman–Crippen LogP) is 3.22. The third kappa shape index (κ3) is 3.73. The molecule has 1 aromatic carbocycles. The lowest BCUT2D eigenvalue weighted by Gasteiger charge is -2.20. The minimum Gasteiger partial charge on any atom is -0.408 e. The van der Waals surface area contributed by atoms with Crippen molar-refractivity contribution in [2.45, 2.75) is 31.4 Å². The van der Waals surface area contributed by atoms with Crippen LogP contribution in [0.2, 0.25) is 5.02 Å². The van der Waals surface area contributed by atoms with Gasteiger partial charge < -0.3 is 9.57 Å². The van der Waals surface area contributed by atoms with Crippen molar-refractivity contribution in [3.8, 4) is 11.8 Å². The Morgan fingerprint density at radius 1 is 1.50 bits per heavy atom. The van der Waals surface area contributed by atoms with Crippen LogP contribution in [0.3, 0.4) is 0 Å². The van der Waals surface area contributed by atoms with Crippen LogP contribution in [0.5, 0.6) is 5.75 Å². The maximum absolute atomic E-state index is 8.81. The van der Waals surface area contributed by atoms with E-state index in [9.17, 15) is 0 Å². The lowest BCUT2D eigenvalue weighted by Crippen LogP contribution is -2.39. The van der Waals surface area contributed by atoms with Crippen LogP contribution in [-0.4, -0.2) is 18.8 Å². The molecule has 20 heavy (non-hydrogen) atoms. The van der Waals surface area contributed by atoms with Gasteiger partial charge in [-0.05, 0) is 31.4 Å². The Labute approximate surface area is 123 Å². The summed E-state index contributed by atoms with van der Waals surface area (Å²) in [4.78, 5) is 5.53. The summed E-state index contributed by atoms with van der Waals surface area (Å²) in [6.07, 6.45) is 5.02. The third-order valence-corrected chi connectivity index (χ3v) is 3.58. The summed E-state index contributed by atoms with van der Waals surface area (Å²) in [5.41, 5.74) is 3.46. The molecule has 0 bridgehead atoms. The standard InChI is InChI=1S/C15H17ClN2O2/c1-2-8-19-15-5-3-4-14(15)18-20-12-7-6-11(10-17)13(16)9-12/h2,6-7,9,14-15,18H,1,3-5,8H2/t14?,15-/m0/s1. The first-order chi connectivity index (χ1) is 9.74.